The number of nitrogens with zero attached hydrogens (tertiary/aromatic N) is 1. The van der Waals surface area contributed by atoms with Gasteiger partial charge in [-0.1, -0.05) is 30.3 Å². The molecule has 0 aliphatic carbocycles. The summed E-state index contributed by atoms with van der Waals surface area (Å²) < 4.78 is 0. The molecule has 13 heavy (non-hydrogen) atoms. The van der Waals surface area contributed by atoms with Gasteiger partial charge in [0.1, 0.15) is 0 Å². The molecule has 3 nitrogen and oxygen atoms in total. The molecular formula is C10H14N2O. The van der Waals surface area contributed by atoms with Crippen LogP contribution >= 0.6 is 0 Å². The van der Waals surface area contributed by atoms with E-state index < -0.39 is 0 Å². The molecule has 70 valence electrons. The topological polar surface area (TPSA) is 32.3 Å². The molecule has 0 aliphatic rings. The van der Waals surface area contributed by atoms with Gasteiger partial charge in [0.15, 0.2) is 0 Å². The summed E-state index contributed by atoms with van der Waals surface area (Å²) >= 11 is 0. The zero-order chi connectivity index (χ0) is 9.68. The number of carbonyl (C=O) groups is 1. The molecule has 0 atom stereocenters. The molecule has 1 amide bonds. The van der Waals surface area contributed by atoms with Crippen molar-refractivity contribution in [3.05, 3.63) is 35.9 Å². The van der Waals surface area contributed by atoms with E-state index in [9.17, 15) is 4.79 Å². The summed E-state index contributed by atoms with van der Waals surface area (Å²) in [6.07, 6.45) is 0. The summed E-state index contributed by atoms with van der Waals surface area (Å²) in [6.45, 7) is 2.22. The molecule has 1 aromatic carbocycles. The molecule has 0 fully saturated rings. The van der Waals surface area contributed by atoms with Crippen molar-refractivity contribution in [1.82, 2.24) is 10.4 Å². The predicted octanol–water partition coefficient (Wildman–Crippen LogP) is 1.17. The Balaban J connectivity index is 2.45. The molecule has 0 spiro atoms. The van der Waals surface area contributed by atoms with Gasteiger partial charge in [-0.05, 0) is 5.56 Å². The van der Waals surface area contributed by atoms with Crippen LogP contribution in [-0.2, 0) is 11.3 Å². The van der Waals surface area contributed by atoms with Crippen LogP contribution < -0.4 is 5.43 Å². The minimum Gasteiger partial charge on any atom is -0.289 e. The first-order chi connectivity index (χ1) is 6.18. The summed E-state index contributed by atoms with van der Waals surface area (Å²) in [6, 6.07) is 9.99. The third kappa shape index (κ3) is 3.71. The van der Waals surface area contributed by atoms with Crippen LogP contribution in [0, 0.1) is 0 Å². The maximum atomic E-state index is 10.7. The zero-order valence-corrected chi connectivity index (χ0v) is 7.95. The Bertz CT molecular complexity index is 272. The summed E-state index contributed by atoms with van der Waals surface area (Å²) in [7, 11) is 1.84. The van der Waals surface area contributed by atoms with Crippen molar-refractivity contribution in [2.75, 3.05) is 7.05 Å². The smallest absolute Gasteiger partial charge is 0.231 e. The van der Waals surface area contributed by atoms with Crippen LogP contribution in [0.15, 0.2) is 30.3 Å². The van der Waals surface area contributed by atoms with Crippen LogP contribution in [0.5, 0.6) is 0 Å². The molecule has 3 heteroatoms. The summed E-state index contributed by atoms with van der Waals surface area (Å²) in [5.41, 5.74) is 3.87. The maximum absolute atomic E-state index is 10.7. The van der Waals surface area contributed by atoms with Crippen molar-refractivity contribution in [2.45, 2.75) is 13.5 Å². The zero-order valence-electron chi connectivity index (χ0n) is 7.95. The van der Waals surface area contributed by atoms with Crippen molar-refractivity contribution >= 4 is 5.91 Å². The normalized spacial score (nSPS) is 10.1. The van der Waals surface area contributed by atoms with Crippen molar-refractivity contribution in [2.24, 2.45) is 0 Å². The van der Waals surface area contributed by atoms with E-state index in [-0.39, 0.29) is 5.91 Å². The largest absolute Gasteiger partial charge is 0.289 e. The Labute approximate surface area is 78.3 Å². The highest BCUT2D eigenvalue weighted by Gasteiger charge is 1.99. The molecule has 0 radical (unpaired) electrons. The van der Waals surface area contributed by atoms with Gasteiger partial charge in [0.25, 0.3) is 0 Å². The molecule has 0 saturated carbocycles. The Hall–Kier alpha value is -1.35. The van der Waals surface area contributed by atoms with Gasteiger partial charge in [0, 0.05) is 20.5 Å². The summed E-state index contributed by atoms with van der Waals surface area (Å²) in [5.74, 6) is -0.0431. The van der Waals surface area contributed by atoms with E-state index in [1.165, 1.54) is 12.5 Å². The fraction of sp³-hybridized carbons (Fsp3) is 0.300. The minimum atomic E-state index is -0.0431. The number of carbonyl (C=O) groups excluding carboxylic acids is 1. The molecule has 0 unspecified atom stereocenters. The van der Waals surface area contributed by atoms with Gasteiger partial charge in [-0.25, -0.2) is 5.01 Å². The third-order valence-corrected chi connectivity index (χ3v) is 1.61. The minimum absolute atomic E-state index is 0.0431. The van der Waals surface area contributed by atoms with E-state index in [0.29, 0.717) is 0 Å². The molecular weight excluding hydrogens is 164 g/mol. The van der Waals surface area contributed by atoms with Crippen LogP contribution in [0.4, 0.5) is 0 Å². The first-order valence-electron chi connectivity index (χ1n) is 4.21. The number of amides is 1. The lowest BCUT2D eigenvalue weighted by atomic mass is 10.2. The SMILES string of the molecule is CC(=O)NN(C)Cc1ccccc1. The van der Waals surface area contributed by atoms with E-state index in [1.54, 1.807) is 5.01 Å². The van der Waals surface area contributed by atoms with E-state index in [0.717, 1.165) is 6.54 Å². The highest BCUT2D eigenvalue weighted by Crippen LogP contribution is 2.00. The molecule has 1 N–H and O–H groups in total. The Morgan fingerprint density at radius 3 is 2.54 bits per heavy atom. The molecule has 0 aliphatic heterocycles. The molecule has 0 saturated heterocycles. The second-order valence-electron chi connectivity index (χ2n) is 3.01. The van der Waals surface area contributed by atoms with Crippen molar-refractivity contribution < 1.29 is 4.79 Å². The van der Waals surface area contributed by atoms with Crippen LogP contribution in [0.25, 0.3) is 0 Å². The van der Waals surface area contributed by atoms with Gasteiger partial charge in [-0.3, -0.25) is 10.2 Å². The number of hydrogen-bond acceptors (Lipinski definition) is 2. The fourth-order valence-electron chi connectivity index (χ4n) is 1.17. The molecule has 0 aromatic heterocycles. The second-order valence-corrected chi connectivity index (χ2v) is 3.01. The van der Waals surface area contributed by atoms with Crippen LogP contribution in [0.3, 0.4) is 0 Å². The van der Waals surface area contributed by atoms with Gasteiger partial charge in [-0.2, -0.15) is 0 Å². The average Bonchev–Trinajstić information content (AvgIpc) is 2.04. The maximum Gasteiger partial charge on any atom is 0.231 e. The second kappa shape index (κ2) is 4.62. The Kier molecular flexibility index (Phi) is 3.46. The van der Waals surface area contributed by atoms with Gasteiger partial charge in [0.2, 0.25) is 5.91 Å². The third-order valence-electron chi connectivity index (χ3n) is 1.61. The summed E-state index contributed by atoms with van der Waals surface area (Å²) in [4.78, 5) is 10.7. The lowest BCUT2D eigenvalue weighted by molar-refractivity contribution is -0.123. The number of nitrogens with one attached hydrogen (secondary N) is 1. The lowest BCUT2D eigenvalue weighted by Crippen LogP contribution is -2.37. The van der Waals surface area contributed by atoms with Crippen LogP contribution in [-0.4, -0.2) is 18.0 Å². The van der Waals surface area contributed by atoms with Gasteiger partial charge < -0.3 is 0 Å². The Morgan fingerprint density at radius 1 is 1.38 bits per heavy atom. The lowest BCUT2D eigenvalue weighted by Gasteiger charge is -2.16. The number of rotatable bonds is 3. The first-order valence-corrected chi connectivity index (χ1v) is 4.21. The van der Waals surface area contributed by atoms with Crippen molar-refractivity contribution in [3.8, 4) is 0 Å². The highest BCUT2D eigenvalue weighted by atomic mass is 16.2. The standard InChI is InChI=1S/C10H14N2O/c1-9(13)11-12(2)8-10-6-4-3-5-7-10/h3-7H,8H2,1-2H3,(H,11,13). The van der Waals surface area contributed by atoms with Gasteiger partial charge in [-0.15, -0.1) is 0 Å². The quantitative estimate of drug-likeness (QED) is 0.705. The average molecular weight is 178 g/mol. The van der Waals surface area contributed by atoms with E-state index in [2.05, 4.69) is 5.43 Å². The van der Waals surface area contributed by atoms with Crippen molar-refractivity contribution in [3.63, 3.8) is 0 Å². The molecule has 0 heterocycles. The van der Waals surface area contributed by atoms with E-state index in [1.807, 2.05) is 37.4 Å². The Morgan fingerprint density at radius 2 is 2.00 bits per heavy atom. The monoisotopic (exact) mass is 178 g/mol. The van der Waals surface area contributed by atoms with Gasteiger partial charge in [0.05, 0.1) is 0 Å². The van der Waals surface area contributed by atoms with E-state index >= 15 is 0 Å². The van der Waals surface area contributed by atoms with Gasteiger partial charge >= 0.3 is 0 Å². The predicted molar refractivity (Wildman–Crippen MR) is 51.7 cm³/mol. The molecule has 1 rings (SSSR count). The number of hydrogen-bond donors (Lipinski definition) is 1. The van der Waals surface area contributed by atoms with Crippen LogP contribution in [0.1, 0.15) is 12.5 Å². The van der Waals surface area contributed by atoms with E-state index in [4.69, 9.17) is 0 Å². The van der Waals surface area contributed by atoms with Crippen LogP contribution in [0.2, 0.25) is 0 Å². The number of benzene rings is 1. The summed E-state index contributed by atoms with van der Waals surface area (Å²) in [5, 5.41) is 1.76. The molecule has 1 aromatic rings. The fourth-order valence-corrected chi connectivity index (χ4v) is 1.17. The first kappa shape index (κ1) is 9.74. The number of hydrazine groups is 1. The van der Waals surface area contributed by atoms with Crippen molar-refractivity contribution in [1.29, 1.82) is 0 Å². The molecule has 0 bridgehead atoms. The highest BCUT2D eigenvalue weighted by molar-refractivity contribution is 5.72.